The average Bonchev–Trinajstić information content (AvgIpc) is 3.05. The van der Waals surface area contributed by atoms with Crippen LogP contribution in [0.4, 0.5) is 29.1 Å². The maximum atomic E-state index is 13.1. The molecule has 1 aromatic carbocycles. The van der Waals surface area contributed by atoms with E-state index in [-0.39, 0.29) is 17.4 Å². The number of nitrogens with one attached hydrogen (secondary N) is 1. The number of hydrogen-bond acceptors (Lipinski definition) is 3. The number of halogens is 4. The van der Waals surface area contributed by atoms with Gasteiger partial charge in [0.15, 0.2) is 0 Å². The number of carbonyl (C=O) groups excluding carboxylic acids is 1. The average molecular weight is 367 g/mol. The van der Waals surface area contributed by atoms with Crippen LogP contribution in [0.25, 0.3) is 0 Å². The highest BCUT2D eigenvalue weighted by Crippen LogP contribution is 2.33. The summed E-state index contributed by atoms with van der Waals surface area (Å²) in [6.45, 7) is 1.93. The van der Waals surface area contributed by atoms with Crippen molar-refractivity contribution < 1.29 is 22.4 Å². The number of aryl methyl sites for hydroxylation is 1. The van der Waals surface area contributed by atoms with Crippen molar-refractivity contribution in [3.63, 3.8) is 0 Å². The second kappa shape index (κ2) is 6.93. The Hall–Kier alpha value is -2.64. The molecule has 8 heteroatoms. The van der Waals surface area contributed by atoms with Crippen LogP contribution in [-0.4, -0.2) is 23.5 Å². The molecule has 1 fully saturated rings. The zero-order valence-corrected chi connectivity index (χ0v) is 14.0. The van der Waals surface area contributed by atoms with Crippen molar-refractivity contribution in [2.24, 2.45) is 0 Å². The van der Waals surface area contributed by atoms with Gasteiger partial charge in [-0.25, -0.2) is 9.37 Å². The number of anilines is 2. The van der Waals surface area contributed by atoms with Crippen LogP contribution in [-0.2, 0) is 11.0 Å². The van der Waals surface area contributed by atoms with Gasteiger partial charge in [-0.1, -0.05) is 0 Å². The molecule has 26 heavy (non-hydrogen) atoms. The van der Waals surface area contributed by atoms with Crippen LogP contribution in [0.3, 0.4) is 0 Å². The predicted octanol–water partition coefficient (Wildman–Crippen LogP) is 4.16. The topological polar surface area (TPSA) is 45.2 Å². The van der Waals surface area contributed by atoms with Crippen molar-refractivity contribution in [2.75, 3.05) is 16.8 Å². The molecule has 1 amide bonds. The zero-order chi connectivity index (χ0) is 18.9. The van der Waals surface area contributed by atoms with Crippen molar-refractivity contribution in [2.45, 2.75) is 32.0 Å². The van der Waals surface area contributed by atoms with Crippen LogP contribution >= 0.6 is 0 Å². The van der Waals surface area contributed by atoms with Gasteiger partial charge in [0.05, 0.1) is 5.56 Å². The second-order valence-electron chi connectivity index (χ2n) is 6.20. The van der Waals surface area contributed by atoms with Gasteiger partial charge in [0.1, 0.15) is 17.7 Å². The summed E-state index contributed by atoms with van der Waals surface area (Å²) in [6, 6.07) is 6.62. The van der Waals surface area contributed by atoms with E-state index in [0.29, 0.717) is 25.1 Å². The summed E-state index contributed by atoms with van der Waals surface area (Å²) >= 11 is 0. The number of hydrogen-bond donors (Lipinski definition) is 1. The van der Waals surface area contributed by atoms with Crippen LogP contribution in [0.15, 0.2) is 36.4 Å². The number of alkyl halides is 3. The molecule has 0 radical (unpaired) electrons. The van der Waals surface area contributed by atoms with Gasteiger partial charge in [-0.15, -0.1) is 0 Å². The van der Waals surface area contributed by atoms with Gasteiger partial charge in [-0.3, -0.25) is 4.79 Å². The van der Waals surface area contributed by atoms with E-state index in [1.54, 1.807) is 4.90 Å². The lowest BCUT2D eigenvalue weighted by atomic mass is 10.1. The van der Waals surface area contributed by atoms with Gasteiger partial charge in [0, 0.05) is 17.9 Å². The molecule has 0 spiro atoms. The Morgan fingerprint density at radius 2 is 1.92 bits per heavy atom. The van der Waals surface area contributed by atoms with Crippen molar-refractivity contribution in [1.82, 2.24) is 4.98 Å². The quantitative estimate of drug-likeness (QED) is 0.829. The zero-order valence-electron chi connectivity index (χ0n) is 14.0. The normalized spacial score (nSPS) is 17.4. The van der Waals surface area contributed by atoms with Crippen molar-refractivity contribution >= 4 is 17.4 Å². The highest BCUT2D eigenvalue weighted by molar-refractivity contribution is 5.97. The van der Waals surface area contributed by atoms with Gasteiger partial charge in [0.25, 0.3) is 0 Å². The molecular formula is C18H17F4N3O. The minimum atomic E-state index is -4.48. The first-order chi connectivity index (χ1) is 12.2. The third-order valence-electron chi connectivity index (χ3n) is 4.23. The molecule has 0 saturated carbocycles. The number of amides is 1. The highest BCUT2D eigenvalue weighted by Gasteiger charge is 2.35. The Kier molecular flexibility index (Phi) is 4.84. The predicted molar refractivity (Wildman–Crippen MR) is 89.4 cm³/mol. The Morgan fingerprint density at radius 1 is 1.23 bits per heavy atom. The first kappa shape index (κ1) is 18.2. The third-order valence-corrected chi connectivity index (χ3v) is 4.23. The minimum absolute atomic E-state index is 0.133. The van der Waals surface area contributed by atoms with E-state index in [2.05, 4.69) is 10.3 Å². The molecule has 1 N–H and O–H groups in total. The fourth-order valence-corrected chi connectivity index (χ4v) is 3.03. The summed E-state index contributed by atoms with van der Waals surface area (Å²) in [5.74, 6) is -0.644. The number of rotatable bonds is 3. The van der Waals surface area contributed by atoms with Gasteiger partial charge in [0.2, 0.25) is 5.91 Å². The number of nitrogens with zero attached hydrogens (tertiary/aromatic N) is 2. The van der Waals surface area contributed by atoms with E-state index < -0.39 is 23.6 Å². The number of pyridine rings is 1. The molecule has 2 heterocycles. The fraction of sp³-hybridized carbons (Fsp3) is 0.333. The third kappa shape index (κ3) is 3.95. The lowest BCUT2D eigenvalue weighted by Gasteiger charge is -2.26. The van der Waals surface area contributed by atoms with E-state index in [1.165, 1.54) is 31.2 Å². The molecule has 138 valence electrons. The van der Waals surface area contributed by atoms with Gasteiger partial charge < -0.3 is 10.2 Å². The molecule has 0 bridgehead atoms. The molecule has 1 aromatic heterocycles. The second-order valence-corrected chi connectivity index (χ2v) is 6.20. The summed E-state index contributed by atoms with van der Waals surface area (Å²) < 4.78 is 52.1. The first-order valence-corrected chi connectivity index (χ1v) is 8.13. The Morgan fingerprint density at radius 3 is 2.58 bits per heavy atom. The van der Waals surface area contributed by atoms with Gasteiger partial charge >= 0.3 is 6.18 Å². The highest BCUT2D eigenvalue weighted by atomic mass is 19.4. The molecule has 3 rings (SSSR count). The number of aromatic nitrogens is 1. The van der Waals surface area contributed by atoms with Crippen LogP contribution in [0, 0.1) is 12.7 Å². The molecular weight excluding hydrogens is 350 g/mol. The Labute approximate surface area is 147 Å². The molecule has 1 atom stereocenters. The first-order valence-electron chi connectivity index (χ1n) is 8.13. The molecule has 0 aliphatic carbocycles. The summed E-state index contributed by atoms with van der Waals surface area (Å²) in [4.78, 5) is 18.3. The standard InChI is InChI=1S/C18H17F4N3O/c1-11-9-12(18(20,21)22)10-16(23-11)25-8-2-3-15(25)17(26)24-14-6-4-13(19)5-7-14/h4-7,9-10,15H,2-3,8H2,1H3,(H,24,26)/t15-/m0/s1. The monoisotopic (exact) mass is 367 g/mol. The Balaban J connectivity index is 1.83. The van der Waals surface area contributed by atoms with E-state index in [0.717, 1.165) is 12.1 Å². The molecule has 0 unspecified atom stereocenters. The lowest BCUT2D eigenvalue weighted by molar-refractivity contribution is -0.137. The van der Waals surface area contributed by atoms with Gasteiger partial charge in [-0.05, 0) is 56.2 Å². The molecule has 1 saturated heterocycles. The van der Waals surface area contributed by atoms with E-state index >= 15 is 0 Å². The van der Waals surface area contributed by atoms with Crippen LogP contribution in [0.5, 0.6) is 0 Å². The Bertz CT molecular complexity index is 805. The largest absolute Gasteiger partial charge is 0.416 e. The summed E-state index contributed by atoms with van der Waals surface area (Å²) in [5.41, 5.74) is -0.125. The summed E-state index contributed by atoms with van der Waals surface area (Å²) in [5, 5.41) is 2.67. The van der Waals surface area contributed by atoms with Crippen LogP contribution < -0.4 is 10.2 Å². The molecule has 1 aliphatic heterocycles. The number of benzene rings is 1. The smallest absolute Gasteiger partial charge is 0.345 e. The van der Waals surface area contributed by atoms with Crippen molar-refractivity contribution in [1.29, 1.82) is 0 Å². The van der Waals surface area contributed by atoms with Crippen molar-refractivity contribution in [3.05, 3.63) is 53.5 Å². The SMILES string of the molecule is Cc1cc(C(F)(F)F)cc(N2CCC[C@H]2C(=O)Nc2ccc(F)cc2)n1. The fourth-order valence-electron chi connectivity index (χ4n) is 3.03. The van der Waals surface area contributed by atoms with Crippen LogP contribution in [0.1, 0.15) is 24.1 Å². The number of carbonyl (C=O) groups is 1. The lowest BCUT2D eigenvalue weighted by Crippen LogP contribution is -2.40. The van der Waals surface area contributed by atoms with Crippen molar-refractivity contribution in [3.8, 4) is 0 Å². The maximum absolute atomic E-state index is 13.1. The minimum Gasteiger partial charge on any atom is -0.345 e. The van der Waals surface area contributed by atoms with E-state index in [1.807, 2.05) is 0 Å². The van der Waals surface area contributed by atoms with Gasteiger partial charge in [-0.2, -0.15) is 13.2 Å². The molecule has 4 nitrogen and oxygen atoms in total. The molecule has 2 aromatic rings. The molecule has 1 aliphatic rings. The summed E-state index contributed by atoms with van der Waals surface area (Å²) in [7, 11) is 0. The maximum Gasteiger partial charge on any atom is 0.416 e. The van der Waals surface area contributed by atoms with Crippen LogP contribution in [0.2, 0.25) is 0 Å². The van der Waals surface area contributed by atoms with E-state index in [4.69, 9.17) is 0 Å². The van der Waals surface area contributed by atoms with E-state index in [9.17, 15) is 22.4 Å². The summed E-state index contributed by atoms with van der Waals surface area (Å²) in [6.07, 6.45) is -3.31.